The zero-order valence-corrected chi connectivity index (χ0v) is 12.8. The first kappa shape index (κ1) is 14.4. The molecule has 1 amide bonds. The van der Waals surface area contributed by atoms with Gasteiger partial charge in [0.25, 0.3) is 5.91 Å². The van der Waals surface area contributed by atoms with Gasteiger partial charge in [0.2, 0.25) is 5.76 Å². The number of halogens is 1. The molecule has 2 atom stereocenters. The molecular weight excluding hydrogens is 295 g/mol. The van der Waals surface area contributed by atoms with Crippen LogP contribution in [0.15, 0.2) is 35.1 Å². The van der Waals surface area contributed by atoms with E-state index < -0.39 is 0 Å². The number of nitrogens with zero attached hydrogens (tertiary/aromatic N) is 1. The minimum absolute atomic E-state index is 0.0595. The van der Waals surface area contributed by atoms with E-state index in [-0.39, 0.29) is 23.7 Å². The third-order valence-corrected chi connectivity index (χ3v) is 4.88. The molecule has 120 valence electrons. The Kier molecular flexibility index (Phi) is 3.63. The summed E-state index contributed by atoms with van der Waals surface area (Å²) in [6.45, 7) is 0. The highest BCUT2D eigenvalue weighted by Crippen LogP contribution is 2.41. The van der Waals surface area contributed by atoms with Crippen molar-refractivity contribution in [1.29, 1.82) is 0 Å². The summed E-state index contributed by atoms with van der Waals surface area (Å²) in [5.41, 5.74) is 1.54. The number of amides is 1. The number of hydrogen-bond acceptors (Lipinski definition) is 3. The summed E-state index contributed by atoms with van der Waals surface area (Å²) in [4.78, 5) is 16.6. The molecule has 1 heterocycles. The van der Waals surface area contributed by atoms with Crippen molar-refractivity contribution < 1.29 is 13.6 Å². The normalized spacial score (nSPS) is 23.9. The fraction of sp³-hybridized carbons (Fsp3) is 0.444. The van der Waals surface area contributed by atoms with Gasteiger partial charge in [0, 0.05) is 12.0 Å². The van der Waals surface area contributed by atoms with Crippen molar-refractivity contribution in [2.45, 2.75) is 50.0 Å². The number of benzene rings is 1. The van der Waals surface area contributed by atoms with Crippen molar-refractivity contribution in [2.24, 2.45) is 0 Å². The van der Waals surface area contributed by atoms with E-state index in [1.54, 1.807) is 6.07 Å². The average Bonchev–Trinajstić information content (AvgIpc) is 3.09. The largest absolute Gasteiger partial charge is 0.438 e. The Hall–Kier alpha value is -2.17. The van der Waals surface area contributed by atoms with Crippen LogP contribution >= 0.6 is 0 Å². The Bertz CT molecular complexity index is 723. The van der Waals surface area contributed by atoms with Gasteiger partial charge in [-0.25, -0.2) is 9.37 Å². The van der Waals surface area contributed by atoms with Crippen LogP contribution in [0.5, 0.6) is 0 Å². The van der Waals surface area contributed by atoms with Crippen LogP contribution in [-0.2, 0) is 0 Å². The van der Waals surface area contributed by atoms with Crippen LogP contribution in [-0.4, -0.2) is 16.9 Å². The Morgan fingerprint density at radius 2 is 1.96 bits per heavy atom. The van der Waals surface area contributed by atoms with Crippen LogP contribution < -0.4 is 5.32 Å². The summed E-state index contributed by atoms with van der Waals surface area (Å²) < 4.78 is 19.2. The standard InChI is InChI=1S/C18H19FN2O2/c19-15-4-2-1-3-14(15)12-7-8-13(9-12)21-18(22)17-16(11-5-6-11)20-10-23-17/h1-4,10-13H,5-9H2,(H,21,22)/t12-,13+/m1/s1. The molecule has 4 nitrogen and oxygen atoms in total. The molecule has 2 aromatic rings. The summed E-state index contributed by atoms with van der Waals surface area (Å²) >= 11 is 0. The van der Waals surface area contributed by atoms with E-state index in [1.807, 2.05) is 12.1 Å². The van der Waals surface area contributed by atoms with Crippen LogP contribution in [0.1, 0.15) is 65.8 Å². The van der Waals surface area contributed by atoms with Gasteiger partial charge in [-0.1, -0.05) is 18.2 Å². The highest BCUT2D eigenvalue weighted by Gasteiger charge is 2.34. The first-order valence-corrected chi connectivity index (χ1v) is 8.21. The molecule has 0 radical (unpaired) electrons. The summed E-state index contributed by atoms with van der Waals surface area (Å²) in [6, 6.07) is 6.96. The van der Waals surface area contributed by atoms with E-state index in [0.29, 0.717) is 11.7 Å². The van der Waals surface area contributed by atoms with E-state index in [9.17, 15) is 9.18 Å². The van der Waals surface area contributed by atoms with Gasteiger partial charge in [-0.2, -0.15) is 0 Å². The lowest BCUT2D eigenvalue weighted by atomic mass is 9.97. The Morgan fingerprint density at radius 1 is 1.17 bits per heavy atom. The van der Waals surface area contributed by atoms with Crippen molar-refractivity contribution in [3.05, 3.63) is 53.5 Å². The fourth-order valence-electron chi connectivity index (χ4n) is 3.52. The summed E-state index contributed by atoms with van der Waals surface area (Å²) in [6.07, 6.45) is 6.01. The monoisotopic (exact) mass is 314 g/mol. The highest BCUT2D eigenvalue weighted by atomic mass is 19.1. The minimum Gasteiger partial charge on any atom is -0.438 e. The van der Waals surface area contributed by atoms with E-state index >= 15 is 0 Å². The van der Waals surface area contributed by atoms with Crippen molar-refractivity contribution in [2.75, 3.05) is 0 Å². The Labute approximate surface area is 134 Å². The second-order valence-corrected chi connectivity index (χ2v) is 6.54. The number of hydrogen-bond donors (Lipinski definition) is 1. The van der Waals surface area contributed by atoms with Gasteiger partial charge in [0.15, 0.2) is 6.39 Å². The average molecular weight is 314 g/mol. The number of carbonyl (C=O) groups excluding carboxylic acids is 1. The number of rotatable bonds is 4. The van der Waals surface area contributed by atoms with E-state index in [1.165, 1.54) is 12.5 Å². The number of carbonyl (C=O) groups is 1. The van der Waals surface area contributed by atoms with Gasteiger partial charge in [-0.15, -0.1) is 0 Å². The van der Waals surface area contributed by atoms with Crippen molar-refractivity contribution in [1.82, 2.24) is 10.3 Å². The smallest absolute Gasteiger partial charge is 0.289 e. The van der Waals surface area contributed by atoms with Gasteiger partial charge in [0.05, 0.1) is 5.69 Å². The zero-order valence-electron chi connectivity index (χ0n) is 12.8. The van der Waals surface area contributed by atoms with Gasteiger partial charge in [-0.05, 0) is 49.7 Å². The number of oxazole rings is 1. The second-order valence-electron chi connectivity index (χ2n) is 6.54. The fourth-order valence-corrected chi connectivity index (χ4v) is 3.52. The quantitative estimate of drug-likeness (QED) is 0.935. The molecular formula is C18H19FN2O2. The molecule has 1 aromatic carbocycles. The van der Waals surface area contributed by atoms with Crippen molar-refractivity contribution >= 4 is 5.91 Å². The number of nitrogens with one attached hydrogen (secondary N) is 1. The van der Waals surface area contributed by atoms with Crippen LogP contribution in [0, 0.1) is 5.82 Å². The van der Waals surface area contributed by atoms with Gasteiger partial charge in [-0.3, -0.25) is 4.79 Å². The second kappa shape index (κ2) is 5.80. The lowest BCUT2D eigenvalue weighted by Crippen LogP contribution is -2.33. The maximum atomic E-state index is 13.9. The van der Waals surface area contributed by atoms with E-state index in [0.717, 1.165) is 43.4 Å². The lowest BCUT2D eigenvalue weighted by molar-refractivity contribution is 0.0908. The van der Waals surface area contributed by atoms with Gasteiger partial charge >= 0.3 is 0 Å². The summed E-state index contributed by atoms with van der Waals surface area (Å²) in [5.74, 6) is 0.546. The molecule has 0 saturated heterocycles. The molecule has 0 unspecified atom stereocenters. The lowest BCUT2D eigenvalue weighted by Gasteiger charge is -2.13. The first-order valence-electron chi connectivity index (χ1n) is 8.21. The molecule has 2 saturated carbocycles. The van der Waals surface area contributed by atoms with Gasteiger partial charge < -0.3 is 9.73 Å². The van der Waals surface area contributed by atoms with Crippen molar-refractivity contribution in [3.63, 3.8) is 0 Å². The molecule has 1 N–H and O–H groups in total. The van der Waals surface area contributed by atoms with Crippen LogP contribution in [0.2, 0.25) is 0 Å². The van der Waals surface area contributed by atoms with Crippen molar-refractivity contribution in [3.8, 4) is 0 Å². The van der Waals surface area contributed by atoms with Crippen LogP contribution in [0.3, 0.4) is 0 Å². The van der Waals surface area contributed by atoms with Gasteiger partial charge in [0.1, 0.15) is 5.82 Å². The predicted octanol–water partition coefficient (Wildman–Crippen LogP) is 3.76. The molecule has 2 fully saturated rings. The number of aromatic nitrogens is 1. The molecule has 4 rings (SSSR count). The topological polar surface area (TPSA) is 55.1 Å². The maximum Gasteiger partial charge on any atom is 0.289 e. The maximum absolute atomic E-state index is 13.9. The zero-order chi connectivity index (χ0) is 15.8. The third-order valence-electron chi connectivity index (χ3n) is 4.88. The minimum atomic E-state index is -0.191. The molecule has 23 heavy (non-hydrogen) atoms. The van der Waals surface area contributed by atoms with Crippen LogP contribution in [0.4, 0.5) is 4.39 Å². The summed E-state index contributed by atoms with van der Waals surface area (Å²) in [7, 11) is 0. The Morgan fingerprint density at radius 3 is 2.74 bits per heavy atom. The highest BCUT2D eigenvalue weighted by molar-refractivity contribution is 5.92. The predicted molar refractivity (Wildman–Crippen MR) is 82.7 cm³/mol. The van der Waals surface area contributed by atoms with Crippen LogP contribution in [0.25, 0.3) is 0 Å². The molecule has 1 aromatic heterocycles. The SMILES string of the molecule is O=C(N[C@H]1CC[C@@H](c2ccccc2F)C1)c1ocnc1C1CC1. The molecule has 5 heteroatoms. The Balaban J connectivity index is 1.41. The van der Waals surface area contributed by atoms with E-state index in [2.05, 4.69) is 10.3 Å². The third kappa shape index (κ3) is 2.87. The first-order chi connectivity index (χ1) is 11.2. The molecule has 2 aliphatic carbocycles. The molecule has 2 aliphatic rings. The summed E-state index contributed by atoms with van der Waals surface area (Å²) in [5, 5.41) is 3.03. The molecule has 0 spiro atoms. The molecule has 0 aliphatic heterocycles. The molecule has 0 bridgehead atoms. The van der Waals surface area contributed by atoms with E-state index in [4.69, 9.17) is 4.42 Å².